The maximum Gasteiger partial charge on any atom is 0.117 e. The molecule has 2 heterocycles. The fraction of sp³-hybridized carbons (Fsp3) is 0. The van der Waals surface area contributed by atoms with Crippen LogP contribution >= 0.6 is 11.3 Å². The number of hydrogen-bond donors (Lipinski definition) is 0. The van der Waals surface area contributed by atoms with Gasteiger partial charge in [-0.1, -0.05) is 60.7 Å². The van der Waals surface area contributed by atoms with Gasteiger partial charge in [-0.3, -0.25) is 0 Å². The summed E-state index contributed by atoms with van der Waals surface area (Å²) >= 11 is 1.70. The molecule has 3 aromatic carbocycles. The maximum atomic E-state index is 4.85. The Morgan fingerprint density at radius 3 is 2.25 bits per heavy atom. The monoisotopic (exact) mass is 379 g/mol. The second kappa shape index (κ2) is 7.25. The van der Waals surface area contributed by atoms with Crippen molar-refractivity contribution in [2.24, 2.45) is 0 Å². The van der Waals surface area contributed by atoms with Crippen LogP contribution in [0.15, 0.2) is 91.1 Å². The third kappa shape index (κ3) is 3.26. The van der Waals surface area contributed by atoms with E-state index >= 15 is 0 Å². The highest BCUT2D eigenvalue weighted by Gasteiger charge is 2.10. The minimum atomic E-state index is 0.960. The summed E-state index contributed by atoms with van der Waals surface area (Å²) in [6, 6.07) is 28.7. The van der Waals surface area contributed by atoms with E-state index in [9.17, 15) is 0 Å². The number of aromatic nitrogens is 3. The summed E-state index contributed by atoms with van der Waals surface area (Å²) in [4.78, 5) is 4.70. The first-order chi connectivity index (χ1) is 13.9. The molecule has 0 aliphatic heterocycles. The Morgan fingerprint density at radius 1 is 0.750 bits per heavy atom. The molecule has 0 aliphatic rings. The molecule has 0 saturated heterocycles. The van der Waals surface area contributed by atoms with Gasteiger partial charge in [-0.2, -0.15) is 5.10 Å². The highest BCUT2D eigenvalue weighted by molar-refractivity contribution is 7.19. The van der Waals surface area contributed by atoms with E-state index in [1.807, 2.05) is 59.3 Å². The quantitative estimate of drug-likeness (QED) is 0.366. The lowest BCUT2D eigenvalue weighted by atomic mass is 10.1. The summed E-state index contributed by atoms with van der Waals surface area (Å²) in [6.45, 7) is 0. The van der Waals surface area contributed by atoms with Crippen LogP contribution in [0, 0.1) is 0 Å². The van der Waals surface area contributed by atoms with Crippen molar-refractivity contribution in [1.82, 2.24) is 14.8 Å². The summed E-state index contributed by atoms with van der Waals surface area (Å²) in [5, 5.41) is 5.85. The minimum Gasteiger partial charge on any atom is -0.240 e. The van der Waals surface area contributed by atoms with Crippen LogP contribution in [-0.2, 0) is 0 Å². The predicted octanol–water partition coefficient (Wildman–Crippen LogP) is 6.32. The molecule has 0 fully saturated rings. The van der Waals surface area contributed by atoms with E-state index in [2.05, 4.69) is 48.7 Å². The van der Waals surface area contributed by atoms with Crippen LogP contribution in [0.3, 0.4) is 0 Å². The highest BCUT2D eigenvalue weighted by atomic mass is 32.1. The zero-order valence-corrected chi connectivity index (χ0v) is 15.9. The van der Waals surface area contributed by atoms with Gasteiger partial charge in [-0.25, -0.2) is 9.67 Å². The Balaban J connectivity index is 1.58. The van der Waals surface area contributed by atoms with Crippen molar-refractivity contribution in [2.45, 2.75) is 0 Å². The zero-order chi connectivity index (χ0) is 18.8. The summed E-state index contributed by atoms with van der Waals surface area (Å²) in [5.41, 5.74) is 5.20. The van der Waals surface area contributed by atoms with Crippen molar-refractivity contribution in [2.75, 3.05) is 0 Å². The lowest BCUT2D eigenvalue weighted by Crippen LogP contribution is -1.93. The predicted molar refractivity (Wildman–Crippen MR) is 118 cm³/mol. The second-order valence-electron chi connectivity index (χ2n) is 6.43. The molecule has 3 nitrogen and oxygen atoms in total. The molecule has 5 aromatic rings. The molecule has 0 aliphatic carbocycles. The average molecular weight is 379 g/mol. The molecule has 28 heavy (non-hydrogen) atoms. The van der Waals surface area contributed by atoms with Gasteiger partial charge in [0.05, 0.1) is 21.6 Å². The Kier molecular flexibility index (Phi) is 4.31. The lowest BCUT2D eigenvalue weighted by Gasteiger charge is -2.00. The van der Waals surface area contributed by atoms with Gasteiger partial charge in [0.2, 0.25) is 0 Å². The number of rotatable bonds is 4. The molecule has 0 unspecified atom stereocenters. The first kappa shape index (κ1) is 16.7. The molecular formula is C24H17N3S. The SMILES string of the molecule is C(=C\c1cn(-c2ccccc2)nc1-c1ccccc1)/c1nc2ccccc2s1. The Hall–Kier alpha value is -3.50. The van der Waals surface area contributed by atoms with E-state index in [1.165, 1.54) is 4.70 Å². The second-order valence-corrected chi connectivity index (χ2v) is 7.49. The van der Waals surface area contributed by atoms with E-state index < -0.39 is 0 Å². The highest BCUT2D eigenvalue weighted by Crippen LogP contribution is 2.27. The third-order valence-electron chi connectivity index (χ3n) is 4.53. The molecule has 4 heteroatoms. The van der Waals surface area contributed by atoms with Gasteiger partial charge >= 0.3 is 0 Å². The van der Waals surface area contributed by atoms with Crippen molar-refractivity contribution in [3.05, 3.63) is 102 Å². The maximum absolute atomic E-state index is 4.85. The van der Waals surface area contributed by atoms with E-state index in [4.69, 9.17) is 10.1 Å². The molecule has 134 valence electrons. The third-order valence-corrected chi connectivity index (χ3v) is 5.53. The molecule has 0 N–H and O–H groups in total. The van der Waals surface area contributed by atoms with Crippen LogP contribution in [0.1, 0.15) is 10.6 Å². The molecule has 0 bridgehead atoms. The Morgan fingerprint density at radius 2 is 1.46 bits per heavy atom. The molecular weight excluding hydrogens is 362 g/mol. The van der Waals surface area contributed by atoms with Gasteiger partial charge in [-0.15, -0.1) is 11.3 Å². The van der Waals surface area contributed by atoms with Crippen molar-refractivity contribution in [3.63, 3.8) is 0 Å². The zero-order valence-electron chi connectivity index (χ0n) is 15.1. The number of para-hydroxylation sites is 2. The summed E-state index contributed by atoms with van der Waals surface area (Å²) < 4.78 is 3.13. The number of fused-ring (bicyclic) bond motifs is 1. The van der Waals surface area contributed by atoms with Crippen LogP contribution < -0.4 is 0 Å². The Bertz CT molecular complexity index is 1220. The van der Waals surface area contributed by atoms with Gasteiger partial charge < -0.3 is 0 Å². The van der Waals surface area contributed by atoms with E-state index in [0.29, 0.717) is 0 Å². The van der Waals surface area contributed by atoms with Crippen molar-refractivity contribution in [1.29, 1.82) is 0 Å². The van der Waals surface area contributed by atoms with Gasteiger partial charge in [0.15, 0.2) is 0 Å². The van der Waals surface area contributed by atoms with Crippen LogP contribution in [0.2, 0.25) is 0 Å². The Labute approximate surface area is 167 Å². The van der Waals surface area contributed by atoms with Crippen LogP contribution in [-0.4, -0.2) is 14.8 Å². The van der Waals surface area contributed by atoms with E-state index in [0.717, 1.165) is 33.0 Å². The van der Waals surface area contributed by atoms with E-state index in [1.54, 1.807) is 11.3 Å². The summed E-state index contributed by atoms with van der Waals surface area (Å²) in [6.07, 6.45) is 6.25. The molecule has 0 spiro atoms. The van der Waals surface area contributed by atoms with Crippen molar-refractivity contribution >= 4 is 33.7 Å². The molecule has 0 atom stereocenters. The van der Waals surface area contributed by atoms with Gasteiger partial charge in [-0.05, 0) is 36.4 Å². The van der Waals surface area contributed by atoms with Crippen molar-refractivity contribution < 1.29 is 0 Å². The average Bonchev–Trinajstić information content (AvgIpc) is 3.37. The topological polar surface area (TPSA) is 30.7 Å². The van der Waals surface area contributed by atoms with Gasteiger partial charge in [0.25, 0.3) is 0 Å². The number of benzene rings is 3. The van der Waals surface area contributed by atoms with Crippen molar-refractivity contribution in [3.8, 4) is 16.9 Å². The largest absolute Gasteiger partial charge is 0.240 e. The van der Waals surface area contributed by atoms with Crippen LogP contribution in [0.4, 0.5) is 0 Å². The lowest BCUT2D eigenvalue weighted by molar-refractivity contribution is 0.884. The molecule has 5 rings (SSSR count). The normalized spacial score (nSPS) is 11.4. The number of thiazole rings is 1. The van der Waals surface area contributed by atoms with Crippen LogP contribution in [0.5, 0.6) is 0 Å². The van der Waals surface area contributed by atoms with Gasteiger partial charge in [0, 0.05) is 17.3 Å². The first-order valence-corrected chi connectivity index (χ1v) is 9.93. The molecule has 0 amide bonds. The fourth-order valence-corrected chi connectivity index (χ4v) is 4.04. The fourth-order valence-electron chi connectivity index (χ4n) is 3.17. The van der Waals surface area contributed by atoms with Gasteiger partial charge in [0.1, 0.15) is 5.01 Å². The first-order valence-electron chi connectivity index (χ1n) is 9.11. The molecule has 0 radical (unpaired) electrons. The molecule has 2 aromatic heterocycles. The minimum absolute atomic E-state index is 0.960. The number of hydrogen-bond acceptors (Lipinski definition) is 3. The summed E-state index contributed by atoms with van der Waals surface area (Å²) in [7, 11) is 0. The smallest absolute Gasteiger partial charge is 0.117 e. The number of nitrogens with zero attached hydrogens (tertiary/aromatic N) is 3. The summed E-state index contributed by atoms with van der Waals surface area (Å²) in [5.74, 6) is 0. The molecule has 0 saturated carbocycles. The standard InChI is InChI=1S/C24H17N3S/c1-3-9-18(10-4-1)24-19(17-27(26-24)20-11-5-2-6-12-20)15-16-23-25-21-13-7-8-14-22(21)28-23/h1-17H/b16-15+. The van der Waals surface area contributed by atoms with Crippen LogP contribution in [0.25, 0.3) is 39.3 Å². The van der Waals surface area contributed by atoms with E-state index in [-0.39, 0.29) is 0 Å².